The van der Waals surface area contributed by atoms with Crippen molar-refractivity contribution in [1.82, 2.24) is 9.13 Å². The fraction of sp³-hybridized carbons (Fsp3) is 0.300. The highest BCUT2D eigenvalue weighted by Gasteiger charge is 2.42. The largest absolute Gasteiger partial charge is 0.343 e. The summed E-state index contributed by atoms with van der Waals surface area (Å²) < 4.78 is 17.0. The molecule has 0 aliphatic carbocycles. The molecule has 2 atom stereocenters. The third-order valence-electron chi connectivity index (χ3n) is 4.57. The van der Waals surface area contributed by atoms with Crippen LogP contribution in [-0.2, 0) is 16.0 Å². The third kappa shape index (κ3) is 2.95. The summed E-state index contributed by atoms with van der Waals surface area (Å²) in [6, 6.07) is 15.9. The van der Waals surface area contributed by atoms with E-state index in [1.165, 1.54) is 0 Å². The van der Waals surface area contributed by atoms with Crippen LogP contribution in [0.5, 0.6) is 0 Å². The van der Waals surface area contributed by atoms with Gasteiger partial charge in [0.2, 0.25) is 0 Å². The first-order chi connectivity index (χ1) is 12.5. The lowest BCUT2D eigenvalue weighted by Gasteiger charge is -2.21. The van der Waals surface area contributed by atoms with Gasteiger partial charge in [-0.15, -0.1) is 0 Å². The average molecular weight is 365 g/mol. The van der Waals surface area contributed by atoms with Gasteiger partial charge in [0.1, 0.15) is 16.8 Å². The van der Waals surface area contributed by atoms with E-state index in [2.05, 4.69) is 10.6 Å². The molecule has 1 aromatic carbocycles. The molecule has 5 nitrogen and oxygen atoms in total. The Labute approximate surface area is 157 Å². The average Bonchev–Trinajstić information content (AvgIpc) is 3.12. The van der Waals surface area contributed by atoms with E-state index in [9.17, 15) is 5.26 Å². The first-order valence-electron chi connectivity index (χ1n) is 8.49. The van der Waals surface area contributed by atoms with Crippen LogP contribution < -0.4 is 0 Å². The van der Waals surface area contributed by atoms with Gasteiger partial charge < -0.3 is 18.6 Å². The van der Waals surface area contributed by atoms with E-state index in [-0.39, 0.29) is 12.3 Å². The highest BCUT2D eigenvalue weighted by atomic mass is 32.1. The minimum atomic E-state index is -0.707. The van der Waals surface area contributed by atoms with Gasteiger partial charge in [0.05, 0.1) is 12.1 Å². The molecule has 1 saturated heterocycles. The van der Waals surface area contributed by atoms with E-state index in [4.69, 9.17) is 21.7 Å². The second kappa shape index (κ2) is 6.36. The minimum Gasteiger partial charge on any atom is -0.343 e. The maximum absolute atomic E-state index is 9.42. The maximum atomic E-state index is 9.42. The van der Waals surface area contributed by atoms with Crippen LogP contribution in [-0.4, -0.2) is 21.0 Å². The Hall–Kier alpha value is -2.46. The number of aromatic nitrogens is 2. The molecular formula is C20H19N3O2S. The number of nitriles is 1. The zero-order chi connectivity index (χ0) is 18.3. The summed E-state index contributed by atoms with van der Waals surface area (Å²) in [6.45, 7) is 4.37. The molecule has 3 aromatic rings. The molecule has 3 heterocycles. The summed E-state index contributed by atoms with van der Waals surface area (Å²) in [5.41, 5.74) is 1.67. The number of nitrogens with zero attached hydrogens (tertiary/aromatic N) is 3. The van der Waals surface area contributed by atoms with Crippen LogP contribution in [0.4, 0.5) is 0 Å². The number of hydrogen-bond acceptors (Lipinski definition) is 4. The SMILES string of the molecule is CC1(C)O[C@@H](Cn2cc(C#N)c3ccccc32)[C@H](n2ccccc2=S)O1. The predicted molar refractivity (Wildman–Crippen MR) is 101 cm³/mol. The van der Waals surface area contributed by atoms with Gasteiger partial charge in [-0.25, -0.2) is 0 Å². The maximum Gasteiger partial charge on any atom is 0.166 e. The van der Waals surface area contributed by atoms with Crippen LogP contribution >= 0.6 is 12.2 Å². The molecule has 0 radical (unpaired) electrons. The van der Waals surface area contributed by atoms with Crippen LogP contribution in [0.1, 0.15) is 25.6 Å². The quantitative estimate of drug-likeness (QED) is 0.646. The minimum absolute atomic E-state index is 0.235. The Morgan fingerprint density at radius 1 is 1.15 bits per heavy atom. The molecule has 2 aromatic heterocycles. The van der Waals surface area contributed by atoms with E-state index in [0.717, 1.165) is 10.9 Å². The molecule has 6 heteroatoms. The Bertz CT molecular complexity index is 1060. The normalized spacial score (nSPS) is 21.7. The van der Waals surface area contributed by atoms with Gasteiger partial charge in [0.15, 0.2) is 12.0 Å². The number of pyridine rings is 1. The van der Waals surface area contributed by atoms with Crippen molar-refractivity contribution in [2.45, 2.75) is 38.5 Å². The summed E-state index contributed by atoms with van der Waals surface area (Å²) in [6.07, 6.45) is 3.23. The van der Waals surface area contributed by atoms with E-state index in [0.29, 0.717) is 16.7 Å². The number of para-hydroxylation sites is 1. The predicted octanol–water partition coefficient (Wildman–Crippen LogP) is 4.39. The van der Waals surface area contributed by atoms with Crippen LogP contribution in [0.2, 0.25) is 0 Å². The summed E-state index contributed by atoms with van der Waals surface area (Å²) in [4.78, 5) is 0. The summed E-state index contributed by atoms with van der Waals surface area (Å²) >= 11 is 5.46. The molecule has 1 fully saturated rings. The highest BCUT2D eigenvalue weighted by Crippen LogP contribution is 2.36. The van der Waals surface area contributed by atoms with E-state index in [1.54, 1.807) is 0 Å². The second-order valence-corrected chi connectivity index (χ2v) is 7.25. The topological polar surface area (TPSA) is 52.1 Å². The van der Waals surface area contributed by atoms with Crippen LogP contribution in [0.3, 0.4) is 0 Å². The van der Waals surface area contributed by atoms with Gasteiger partial charge in [-0.1, -0.05) is 36.5 Å². The van der Waals surface area contributed by atoms with E-state index >= 15 is 0 Å². The standard InChI is InChI=1S/C20H19N3O2S/c1-20(2)24-17(19(25-20)23-10-6-5-9-18(23)26)13-22-12-14(11-21)15-7-3-4-8-16(15)22/h3-10,12,17,19H,13H2,1-2H3/t17-,19+/m0/s1. The highest BCUT2D eigenvalue weighted by molar-refractivity contribution is 7.71. The Balaban J connectivity index is 1.74. The van der Waals surface area contributed by atoms with Gasteiger partial charge >= 0.3 is 0 Å². The van der Waals surface area contributed by atoms with Crippen LogP contribution in [0.25, 0.3) is 10.9 Å². The lowest BCUT2D eigenvalue weighted by molar-refractivity contribution is -0.154. The lowest BCUT2D eigenvalue weighted by atomic mass is 10.2. The van der Waals surface area contributed by atoms with Crippen LogP contribution in [0, 0.1) is 16.0 Å². The molecular weight excluding hydrogens is 346 g/mol. The van der Waals surface area contributed by atoms with Crippen molar-refractivity contribution in [2.24, 2.45) is 0 Å². The molecule has 0 saturated carbocycles. The van der Waals surface area contributed by atoms with E-state index < -0.39 is 5.79 Å². The van der Waals surface area contributed by atoms with Crippen molar-refractivity contribution in [3.8, 4) is 6.07 Å². The molecule has 0 bridgehead atoms. The van der Waals surface area contributed by atoms with Crippen molar-refractivity contribution in [3.05, 3.63) is 65.1 Å². The third-order valence-corrected chi connectivity index (χ3v) is 4.92. The van der Waals surface area contributed by atoms with Crippen molar-refractivity contribution in [1.29, 1.82) is 5.26 Å². The number of benzene rings is 1. The lowest BCUT2D eigenvalue weighted by Crippen LogP contribution is -2.26. The van der Waals surface area contributed by atoms with Crippen LogP contribution in [0.15, 0.2) is 54.9 Å². The van der Waals surface area contributed by atoms with Gasteiger partial charge in [-0.05, 0) is 32.0 Å². The molecule has 0 N–H and O–H groups in total. The monoisotopic (exact) mass is 365 g/mol. The van der Waals surface area contributed by atoms with Crippen molar-refractivity contribution in [2.75, 3.05) is 0 Å². The summed E-state index contributed by atoms with van der Waals surface area (Å²) in [7, 11) is 0. The summed E-state index contributed by atoms with van der Waals surface area (Å²) in [5, 5.41) is 10.4. The zero-order valence-electron chi connectivity index (χ0n) is 14.6. The number of ether oxygens (including phenoxy) is 2. The van der Waals surface area contributed by atoms with Crippen molar-refractivity contribution < 1.29 is 9.47 Å². The molecule has 4 rings (SSSR count). The number of rotatable bonds is 3. The van der Waals surface area contributed by atoms with Gasteiger partial charge in [-0.3, -0.25) is 0 Å². The molecule has 1 aliphatic heterocycles. The zero-order valence-corrected chi connectivity index (χ0v) is 15.4. The van der Waals surface area contributed by atoms with Crippen molar-refractivity contribution >= 4 is 23.1 Å². The molecule has 1 aliphatic rings. The van der Waals surface area contributed by atoms with E-state index in [1.807, 2.05) is 73.3 Å². The number of fused-ring (bicyclic) bond motifs is 1. The molecule has 26 heavy (non-hydrogen) atoms. The number of hydrogen-bond donors (Lipinski definition) is 0. The van der Waals surface area contributed by atoms with Gasteiger partial charge in [0, 0.05) is 23.3 Å². The first-order valence-corrected chi connectivity index (χ1v) is 8.90. The molecule has 0 spiro atoms. The molecule has 0 unspecified atom stereocenters. The second-order valence-electron chi connectivity index (χ2n) is 6.83. The van der Waals surface area contributed by atoms with Gasteiger partial charge in [-0.2, -0.15) is 5.26 Å². The fourth-order valence-corrected chi connectivity index (χ4v) is 3.75. The molecule has 132 valence electrons. The summed E-state index contributed by atoms with van der Waals surface area (Å²) in [5.74, 6) is -0.707. The Kier molecular flexibility index (Phi) is 4.16. The Morgan fingerprint density at radius 2 is 1.92 bits per heavy atom. The Morgan fingerprint density at radius 3 is 2.69 bits per heavy atom. The smallest absolute Gasteiger partial charge is 0.166 e. The first kappa shape index (κ1) is 17.0. The molecule has 0 amide bonds. The van der Waals surface area contributed by atoms with Crippen molar-refractivity contribution in [3.63, 3.8) is 0 Å². The fourth-order valence-electron chi connectivity index (χ4n) is 3.51. The van der Waals surface area contributed by atoms with Gasteiger partial charge in [0.25, 0.3) is 0 Å².